The van der Waals surface area contributed by atoms with Crippen molar-refractivity contribution in [2.45, 2.75) is 73.5 Å². The van der Waals surface area contributed by atoms with E-state index in [0.717, 1.165) is 34.2 Å². The first-order valence-electron chi connectivity index (χ1n) is 11.0. The van der Waals surface area contributed by atoms with Gasteiger partial charge in [-0.05, 0) is 76.3 Å². The summed E-state index contributed by atoms with van der Waals surface area (Å²) >= 11 is 0. The fraction of sp³-hybridized carbons (Fsp3) is 0.462. The summed E-state index contributed by atoms with van der Waals surface area (Å²) < 4.78 is 5.91. The van der Waals surface area contributed by atoms with Crippen LogP contribution in [-0.4, -0.2) is 35.4 Å². The Morgan fingerprint density at radius 1 is 1.00 bits per heavy atom. The van der Waals surface area contributed by atoms with Crippen LogP contribution in [0.3, 0.4) is 0 Å². The van der Waals surface area contributed by atoms with E-state index >= 15 is 0 Å². The molecule has 5 nitrogen and oxygen atoms in total. The maximum atomic E-state index is 13.2. The Bertz CT molecular complexity index is 906. The number of hydrogen-bond acceptors (Lipinski definition) is 3. The predicted octanol–water partition coefficient (Wildman–Crippen LogP) is 4.63. The number of nitrogens with one attached hydrogen (secondary N) is 1. The molecule has 0 unspecified atom stereocenters. The number of carbonyl (C=O) groups excluding carboxylic acids is 2. The molecule has 1 N–H and O–H groups in total. The highest BCUT2D eigenvalue weighted by atomic mass is 16.5. The van der Waals surface area contributed by atoms with Crippen molar-refractivity contribution in [3.05, 3.63) is 64.2 Å². The molecular weight excluding hydrogens is 388 g/mol. The van der Waals surface area contributed by atoms with E-state index in [1.807, 2.05) is 71.9 Å². The lowest BCUT2D eigenvalue weighted by Crippen LogP contribution is -2.50. The van der Waals surface area contributed by atoms with Crippen LogP contribution in [0.2, 0.25) is 0 Å². The lowest BCUT2D eigenvalue weighted by molar-refractivity contribution is -0.142. The van der Waals surface area contributed by atoms with Gasteiger partial charge in [0.2, 0.25) is 5.91 Å². The average Bonchev–Trinajstić information content (AvgIpc) is 2.73. The van der Waals surface area contributed by atoms with Gasteiger partial charge in [-0.3, -0.25) is 9.59 Å². The third-order valence-electron chi connectivity index (χ3n) is 5.76. The molecule has 168 valence electrons. The van der Waals surface area contributed by atoms with Crippen molar-refractivity contribution in [1.82, 2.24) is 10.2 Å². The van der Waals surface area contributed by atoms with Crippen molar-refractivity contribution < 1.29 is 14.3 Å². The van der Waals surface area contributed by atoms with Crippen LogP contribution in [0.4, 0.5) is 0 Å². The van der Waals surface area contributed by atoms with E-state index in [4.69, 9.17) is 4.74 Å². The molecule has 5 heteroatoms. The van der Waals surface area contributed by atoms with Crippen LogP contribution in [-0.2, 0) is 16.1 Å². The molecule has 0 aliphatic rings. The molecule has 31 heavy (non-hydrogen) atoms. The Morgan fingerprint density at radius 3 is 2.26 bits per heavy atom. The van der Waals surface area contributed by atoms with Crippen LogP contribution < -0.4 is 10.1 Å². The summed E-state index contributed by atoms with van der Waals surface area (Å²) in [5.74, 6) is 0.334. The van der Waals surface area contributed by atoms with Crippen LogP contribution >= 0.6 is 0 Å². The number of ether oxygens (including phenoxy) is 1. The van der Waals surface area contributed by atoms with Gasteiger partial charge in [0.05, 0.1) is 0 Å². The molecule has 0 aliphatic carbocycles. The molecule has 2 aromatic rings. The SMILES string of the molecule is CC[C@H](C)NC(=O)[C@@H](C)N(Cc1ccc(C)cc1)C(=O)COc1cc(C)cc(C)c1C. The highest BCUT2D eigenvalue weighted by Gasteiger charge is 2.27. The van der Waals surface area contributed by atoms with E-state index in [1.165, 1.54) is 0 Å². The van der Waals surface area contributed by atoms with Crippen LogP contribution in [0.5, 0.6) is 5.75 Å². The zero-order valence-electron chi connectivity index (χ0n) is 19.9. The molecule has 0 aromatic heterocycles. The summed E-state index contributed by atoms with van der Waals surface area (Å²) in [5, 5.41) is 2.98. The summed E-state index contributed by atoms with van der Waals surface area (Å²) in [7, 11) is 0. The second kappa shape index (κ2) is 11.0. The minimum Gasteiger partial charge on any atom is -0.483 e. The number of amides is 2. The van der Waals surface area contributed by atoms with E-state index in [1.54, 1.807) is 11.8 Å². The highest BCUT2D eigenvalue weighted by Crippen LogP contribution is 2.23. The molecule has 0 saturated heterocycles. The van der Waals surface area contributed by atoms with Gasteiger partial charge in [-0.1, -0.05) is 42.8 Å². The van der Waals surface area contributed by atoms with Gasteiger partial charge in [0.25, 0.3) is 5.91 Å². The fourth-order valence-electron chi connectivity index (χ4n) is 3.31. The largest absolute Gasteiger partial charge is 0.483 e. The Balaban J connectivity index is 2.20. The summed E-state index contributed by atoms with van der Waals surface area (Å²) in [6, 6.07) is 11.5. The second-order valence-electron chi connectivity index (χ2n) is 8.49. The number of carbonyl (C=O) groups is 2. The lowest BCUT2D eigenvalue weighted by Gasteiger charge is -2.29. The zero-order valence-corrected chi connectivity index (χ0v) is 19.9. The number of benzene rings is 2. The van der Waals surface area contributed by atoms with Gasteiger partial charge in [0.15, 0.2) is 6.61 Å². The number of nitrogens with zero attached hydrogens (tertiary/aromatic N) is 1. The minimum absolute atomic E-state index is 0.0560. The number of hydrogen-bond donors (Lipinski definition) is 1. The van der Waals surface area contributed by atoms with E-state index < -0.39 is 6.04 Å². The molecule has 0 spiro atoms. The molecule has 0 radical (unpaired) electrons. The molecular formula is C26H36N2O3. The normalized spacial score (nSPS) is 12.7. The number of aryl methyl sites for hydroxylation is 3. The van der Waals surface area contributed by atoms with E-state index in [2.05, 4.69) is 11.4 Å². The van der Waals surface area contributed by atoms with Gasteiger partial charge in [0.1, 0.15) is 11.8 Å². The lowest BCUT2D eigenvalue weighted by atomic mass is 10.1. The number of rotatable bonds is 9. The van der Waals surface area contributed by atoms with Gasteiger partial charge >= 0.3 is 0 Å². The van der Waals surface area contributed by atoms with E-state index in [-0.39, 0.29) is 24.5 Å². The smallest absolute Gasteiger partial charge is 0.261 e. The van der Waals surface area contributed by atoms with Crippen molar-refractivity contribution in [3.8, 4) is 5.75 Å². The Labute approximate surface area is 186 Å². The highest BCUT2D eigenvalue weighted by molar-refractivity contribution is 5.88. The summed E-state index contributed by atoms with van der Waals surface area (Å²) in [6.45, 7) is 14.0. The van der Waals surface area contributed by atoms with Crippen LogP contribution in [0.1, 0.15) is 55.0 Å². The standard InChI is InChI=1S/C26H36N2O3/c1-8-20(5)27-26(30)22(7)28(15-23-11-9-17(2)10-12-23)25(29)16-31-24-14-18(3)13-19(4)21(24)6/h9-14,20,22H,8,15-16H2,1-7H3,(H,27,30)/t20-,22+/m0/s1. The van der Waals surface area contributed by atoms with Crippen molar-refractivity contribution in [3.63, 3.8) is 0 Å². The van der Waals surface area contributed by atoms with Crippen LogP contribution in [0.15, 0.2) is 36.4 Å². The molecule has 0 saturated carbocycles. The summed E-state index contributed by atoms with van der Waals surface area (Å²) in [5.41, 5.74) is 5.36. The van der Waals surface area contributed by atoms with Gasteiger partial charge in [-0.25, -0.2) is 0 Å². The maximum absolute atomic E-state index is 13.2. The minimum atomic E-state index is -0.605. The van der Waals surface area contributed by atoms with Crippen molar-refractivity contribution >= 4 is 11.8 Å². The van der Waals surface area contributed by atoms with Gasteiger partial charge in [0, 0.05) is 12.6 Å². The first-order chi connectivity index (χ1) is 14.6. The predicted molar refractivity (Wildman–Crippen MR) is 125 cm³/mol. The molecule has 2 atom stereocenters. The van der Waals surface area contributed by atoms with E-state index in [9.17, 15) is 9.59 Å². The second-order valence-corrected chi connectivity index (χ2v) is 8.49. The fourth-order valence-corrected chi connectivity index (χ4v) is 3.31. The van der Waals surface area contributed by atoms with Crippen molar-refractivity contribution in [1.29, 1.82) is 0 Å². The molecule has 0 aliphatic heterocycles. The van der Waals surface area contributed by atoms with Crippen LogP contribution in [0.25, 0.3) is 0 Å². The Hall–Kier alpha value is -2.82. The van der Waals surface area contributed by atoms with Crippen LogP contribution in [0, 0.1) is 27.7 Å². The van der Waals surface area contributed by atoms with Crippen molar-refractivity contribution in [2.75, 3.05) is 6.61 Å². The maximum Gasteiger partial charge on any atom is 0.261 e. The third kappa shape index (κ3) is 6.84. The van der Waals surface area contributed by atoms with Gasteiger partial charge in [-0.2, -0.15) is 0 Å². The molecule has 0 bridgehead atoms. The zero-order chi connectivity index (χ0) is 23.1. The molecule has 0 fully saturated rings. The molecule has 2 rings (SSSR count). The van der Waals surface area contributed by atoms with Crippen molar-refractivity contribution in [2.24, 2.45) is 0 Å². The van der Waals surface area contributed by atoms with Gasteiger partial charge in [-0.15, -0.1) is 0 Å². The quantitative estimate of drug-likeness (QED) is 0.638. The average molecular weight is 425 g/mol. The van der Waals surface area contributed by atoms with Gasteiger partial charge < -0.3 is 15.0 Å². The topological polar surface area (TPSA) is 58.6 Å². The first-order valence-corrected chi connectivity index (χ1v) is 11.0. The van der Waals surface area contributed by atoms with E-state index in [0.29, 0.717) is 12.3 Å². The Kier molecular flexibility index (Phi) is 8.66. The monoisotopic (exact) mass is 424 g/mol. The summed E-state index contributed by atoms with van der Waals surface area (Å²) in [6.07, 6.45) is 0.833. The Morgan fingerprint density at radius 2 is 1.65 bits per heavy atom. The molecule has 0 heterocycles. The summed E-state index contributed by atoms with van der Waals surface area (Å²) in [4.78, 5) is 27.6. The molecule has 2 amide bonds. The third-order valence-corrected chi connectivity index (χ3v) is 5.76. The molecule has 2 aromatic carbocycles. The first kappa shape index (κ1) is 24.4.